The summed E-state index contributed by atoms with van der Waals surface area (Å²) in [6.45, 7) is 0. The summed E-state index contributed by atoms with van der Waals surface area (Å²) < 4.78 is 18.9. The summed E-state index contributed by atoms with van der Waals surface area (Å²) in [7, 11) is 0. The molecular weight excluding hydrogens is 310 g/mol. The molecule has 88 valence electrons. The van der Waals surface area contributed by atoms with Gasteiger partial charge in [0.15, 0.2) is 0 Å². The summed E-state index contributed by atoms with van der Waals surface area (Å²) >= 11 is 9.09. The number of anilines is 1. The van der Waals surface area contributed by atoms with Gasteiger partial charge in [-0.15, -0.1) is 0 Å². The minimum atomic E-state index is -0.424. The molecule has 0 unspecified atom stereocenters. The van der Waals surface area contributed by atoms with Gasteiger partial charge in [0.1, 0.15) is 11.6 Å². The van der Waals surface area contributed by atoms with Gasteiger partial charge in [0, 0.05) is 0 Å². The van der Waals surface area contributed by atoms with Crippen LogP contribution in [-0.2, 0) is 0 Å². The molecule has 0 fully saturated rings. The maximum Gasteiger partial charge on any atom is 0.233 e. The minimum absolute atomic E-state index is 0.176. The SMILES string of the molecule is Nc1cnc(Oc2ccc(F)cc2Cl)c(Br)c1. The molecule has 1 aromatic carbocycles. The van der Waals surface area contributed by atoms with Crippen molar-refractivity contribution in [2.45, 2.75) is 0 Å². The van der Waals surface area contributed by atoms with Gasteiger partial charge in [0.25, 0.3) is 0 Å². The van der Waals surface area contributed by atoms with Crippen LogP contribution in [0.15, 0.2) is 34.9 Å². The molecule has 1 aromatic heterocycles. The third-order valence-electron chi connectivity index (χ3n) is 1.93. The van der Waals surface area contributed by atoms with Gasteiger partial charge in [-0.2, -0.15) is 0 Å². The molecule has 0 aliphatic carbocycles. The Morgan fingerprint density at radius 1 is 1.35 bits per heavy atom. The zero-order chi connectivity index (χ0) is 12.4. The van der Waals surface area contributed by atoms with Crippen molar-refractivity contribution in [1.29, 1.82) is 0 Å². The largest absolute Gasteiger partial charge is 0.436 e. The second kappa shape index (κ2) is 4.89. The lowest BCUT2D eigenvalue weighted by Gasteiger charge is -2.08. The fourth-order valence-corrected chi connectivity index (χ4v) is 1.83. The Morgan fingerprint density at radius 3 is 2.76 bits per heavy atom. The summed E-state index contributed by atoms with van der Waals surface area (Å²) in [5, 5.41) is 0.176. The van der Waals surface area contributed by atoms with Gasteiger partial charge in [0.2, 0.25) is 5.88 Å². The number of ether oxygens (including phenoxy) is 1. The molecule has 17 heavy (non-hydrogen) atoms. The predicted molar refractivity (Wildman–Crippen MR) is 67.8 cm³/mol. The monoisotopic (exact) mass is 316 g/mol. The first-order valence-electron chi connectivity index (χ1n) is 4.60. The van der Waals surface area contributed by atoms with Crippen molar-refractivity contribution < 1.29 is 9.13 Å². The Bertz CT molecular complexity index is 516. The Kier molecular flexibility index (Phi) is 3.49. The highest BCUT2D eigenvalue weighted by Crippen LogP contribution is 2.33. The zero-order valence-electron chi connectivity index (χ0n) is 8.45. The van der Waals surface area contributed by atoms with Crippen LogP contribution in [0.2, 0.25) is 5.02 Å². The van der Waals surface area contributed by atoms with Gasteiger partial charge in [0.05, 0.1) is 21.4 Å². The molecule has 0 aliphatic heterocycles. The Morgan fingerprint density at radius 2 is 2.12 bits per heavy atom. The second-order valence-electron chi connectivity index (χ2n) is 3.23. The van der Waals surface area contributed by atoms with Crippen LogP contribution in [0.25, 0.3) is 0 Å². The average molecular weight is 318 g/mol. The highest BCUT2D eigenvalue weighted by molar-refractivity contribution is 9.10. The first kappa shape index (κ1) is 12.1. The average Bonchev–Trinajstić information content (AvgIpc) is 2.25. The van der Waals surface area contributed by atoms with E-state index in [9.17, 15) is 4.39 Å². The van der Waals surface area contributed by atoms with E-state index in [1.807, 2.05) is 0 Å². The van der Waals surface area contributed by atoms with Crippen LogP contribution in [0.3, 0.4) is 0 Å². The third-order valence-corrected chi connectivity index (χ3v) is 2.79. The number of hydrogen-bond acceptors (Lipinski definition) is 3. The number of pyridine rings is 1. The van der Waals surface area contributed by atoms with E-state index in [1.165, 1.54) is 24.4 Å². The van der Waals surface area contributed by atoms with Crippen molar-refractivity contribution in [1.82, 2.24) is 4.98 Å². The van der Waals surface area contributed by atoms with Gasteiger partial charge in [-0.25, -0.2) is 9.37 Å². The van der Waals surface area contributed by atoms with Crippen LogP contribution in [-0.4, -0.2) is 4.98 Å². The highest BCUT2D eigenvalue weighted by Gasteiger charge is 2.08. The molecule has 0 spiro atoms. The topological polar surface area (TPSA) is 48.1 Å². The van der Waals surface area contributed by atoms with Gasteiger partial charge in [-0.1, -0.05) is 11.6 Å². The van der Waals surface area contributed by atoms with Crippen LogP contribution in [0.4, 0.5) is 10.1 Å². The van der Waals surface area contributed by atoms with Crippen molar-refractivity contribution in [2.24, 2.45) is 0 Å². The molecule has 0 atom stereocenters. The molecular formula is C11H7BrClFN2O. The number of halogens is 3. The van der Waals surface area contributed by atoms with Crippen molar-refractivity contribution >= 4 is 33.2 Å². The summed E-state index contributed by atoms with van der Waals surface area (Å²) in [4.78, 5) is 3.99. The molecule has 2 N–H and O–H groups in total. The van der Waals surface area contributed by atoms with Gasteiger partial charge >= 0.3 is 0 Å². The van der Waals surface area contributed by atoms with E-state index >= 15 is 0 Å². The lowest BCUT2D eigenvalue weighted by atomic mass is 10.3. The van der Waals surface area contributed by atoms with Crippen LogP contribution >= 0.6 is 27.5 Å². The van der Waals surface area contributed by atoms with E-state index in [0.717, 1.165) is 0 Å². The maximum absolute atomic E-state index is 12.8. The molecule has 0 bridgehead atoms. The molecule has 2 rings (SSSR count). The lowest BCUT2D eigenvalue weighted by Crippen LogP contribution is -1.93. The van der Waals surface area contributed by atoms with Crippen molar-refractivity contribution in [3.8, 4) is 11.6 Å². The van der Waals surface area contributed by atoms with Crippen LogP contribution < -0.4 is 10.5 Å². The molecule has 6 heteroatoms. The fourth-order valence-electron chi connectivity index (χ4n) is 1.18. The molecule has 3 nitrogen and oxygen atoms in total. The summed E-state index contributed by atoms with van der Waals surface area (Å²) in [5.74, 6) is 0.213. The fraction of sp³-hybridized carbons (Fsp3) is 0. The molecule has 0 amide bonds. The Balaban J connectivity index is 2.31. The molecule has 2 aromatic rings. The van der Waals surface area contributed by atoms with Gasteiger partial charge in [-0.05, 0) is 40.2 Å². The standard InChI is InChI=1S/C11H7BrClFN2O/c12-8-4-7(15)5-16-11(8)17-10-2-1-6(14)3-9(10)13/h1-5H,15H2. The zero-order valence-corrected chi connectivity index (χ0v) is 10.8. The molecule has 0 aliphatic rings. The number of aromatic nitrogens is 1. The summed E-state index contributed by atoms with van der Waals surface area (Å²) in [5.41, 5.74) is 6.06. The lowest BCUT2D eigenvalue weighted by molar-refractivity contribution is 0.458. The predicted octanol–water partition coefficient (Wildman–Crippen LogP) is 4.01. The summed E-state index contributed by atoms with van der Waals surface area (Å²) in [6, 6.07) is 5.51. The highest BCUT2D eigenvalue weighted by atomic mass is 79.9. The minimum Gasteiger partial charge on any atom is -0.436 e. The van der Waals surface area contributed by atoms with E-state index in [2.05, 4.69) is 20.9 Å². The molecule has 0 radical (unpaired) electrons. The van der Waals surface area contributed by atoms with E-state index < -0.39 is 5.82 Å². The smallest absolute Gasteiger partial charge is 0.233 e. The first-order valence-corrected chi connectivity index (χ1v) is 5.77. The maximum atomic E-state index is 12.8. The molecule has 0 saturated heterocycles. The number of benzene rings is 1. The van der Waals surface area contributed by atoms with Crippen LogP contribution in [0.1, 0.15) is 0 Å². The Labute approximate surface area is 110 Å². The van der Waals surface area contributed by atoms with E-state index in [4.69, 9.17) is 22.1 Å². The van der Waals surface area contributed by atoms with Crippen molar-refractivity contribution in [2.75, 3.05) is 5.73 Å². The third kappa shape index (κ3) is 2.87. The molecule has 1 heterocycles. The van der Waals surface area contributed by atoms with E-state index in [1.54, 1.807) is 6.07 Å². The van der Waals surface area contributed by atoms with Crippen molar-refractivity contribution in [3.05, 3.63) is 45.8 Å². The Hall–Kier alpha value is -1.33. The second-order valence-corrected chi connectivity index (χ2v) is 4.49. The first-order chi connectivity index (χ1) is 8.06. The number of nitrogens with two attached hydrogens (primary N) is 1. The van der Waals surface area contributed by atoms with E-state index in [0.29, 0.717) is 21.8 Å². The number of nitrogens with zero attached hydrogens (tertiary/aromatic N) is 1. The normalized spacial score (nSPS) is 10.3. The number of hydrogen-bond donors (Lipinski definition) is 1. The van der Waals surface area contributed by atoms with Crippen molar-refractivity contribution in [3.63, 3.8) is 0 Å². The van der Waals surface area contributed by atoms with Crippen LogP contribution in [0.5, 0.6) is 11.6 Å². The summed E-state index contributed by atoms with van der Waals surface area (Å²) in [6.07, 6.45) is 1.46. The molecule has 0 saturated carbocycles. The van der Waals surface area contributed by atoms with E-state index in [-0.39, 0.29) is 5.02 Å². The number of rotatable bonds is 2. The quantitative estimate of drug-likeness (QED) is 0.910. The van der Waals surface area contributed by atoms with Gasteiger partial charge in [-0.3, -0.25) is 0 Å². The number of nitrogen functional groups attached to an aromatic ring is 1. The van der Waals surface area contributed by atoms with Gasteiger partial charge < -0.3 is 10.5 Å². The van der Waals surface area contributed by atoms with Crippen LogP contribution in [0, 0.1) is 5.82 Å².